The summed E-state index contributed by atoms with van der Waals surface area (Å²) in [6, 6.07) is 4.46. The molecule has 1 aliphatic heterocycles. The second-order valence-corrected chi connectivity index (χ2v) is 7.20. The van der Waals surface area contributed by atoms with Crippen molar-refractivity contribution in [2.75, 3.05) is 26.1 Å². The van der Waals surface area contributed by atoms with Gasteiger partial charge in [-0.2, -0.15) is 0 Å². The summed E-state index contributed by atoms with van der Waals surface area (Å²) in [5, 5.41) is 5.50. The van der Waals surface area contributed by atoms with Gasteiger partial charge in [-0.05, 0) is 43.7 Å². The number of imide groups is 1. The number of carbonyl (C=O) groups excluding carboxylic acids is 3. The van der Waals surface area contributed by atoms with E-state index >= 15 is 0 Å². The molecule has 2 N–H and O–H groups in total. The number of rotatable bonds is 5. The minimum absolute atomic E-state index is 0.309. The van der Waals surface area contributed by atoms with Gasteiger partial charge in [0.1, 0.15) is 23.6 Å². The van der Waals surface area contributed by atoms with Crippen LogP contribution in [0.4, 0.5) is 10.5 Å². The number of nitrogens with one attached hydrogen (secondary N) is 2. The van der Waals surface area contributed by atoms with Crippen LogP contribution >= 0.6 is 0 Å². The fraction of sp³-hybridized carbons (Fsp3) is 0.526. The summed E-state index contributed by atoms with van der Waals surface area (Å²) in [7, 11) is 3.02. The molecule has 1 saturated heterocycles. The van der Waals surface area contributed by atoms with Crippen molar-refractivity contribution in [3.8, 4) is 11.5 Å². The second-order valence-electron chi connectivity index (χ2n) is 7.20. The van der Waals surface area contributed by atoms with Gasteiger partial charge in [0.15, 0.2) is 0 Å². The van der Waals surface area contributed by atoms with Gasteiger partial charge in [-0.15, -0.1) is 0 Å². The minimum atomic E-state index is -0.846. The number of methoxy groups -OCH3 is 2. The molecule has 1 aromatic rings. The molecule has 8 nitrogen and oxygen atoms in total. The number of urea groups is 1. The van der Waals surface area contributed by atoms with E-state index in [-0.39, 0.29) is 12.5 Å². The fourth-order valence-corrected chi connectivity index (χ4v) is 3.65. The van der Waals surface area contributed by atoms with Gasteiger partial charge in [-0.3, -0.25) is 14.5 Å². The molecule has 0 bridgehead atoms. The van der Waals surface area contributed by atoms with E-state index in [9.17, 15) is 14.4 Å². The Morgan fingerprint density at radius 1 is 1.26 bits per heavy atom. The highest BCUT2D eigenvalue weighted by molar-refractivity contribution is 6.10. The topological polar surface area (TPSA) is 97.0 Å². The Morgan fingerprint density at radius 2 is 1.96 bits per heavy atom. The molecule has 0 atom stereocenters. The van der Waals surface area contributed by atoms with Crippen molar-refractivity contribution < 1.29 is 23.9 Å². The van der Waals surface area contributed by atoms with Gasteiger partial charge in [-0.25, -0.2) is 4.79 Å². The fourth-order valence-electron chi connectivity index (χ4n) is 3.65. The summed E-state index contributed by atoms with van der Waals surface area (Å²) in [6.07, 6.45) is 3.00. The number of nitrogens with zero attached hydrogens (tertiary/aromatic N) is 1. The smallest absolute Gasteiger partial charge is 0.325 e. The number of benzene rings is 1. The van der Waals surface area contributed by atoms with Gasteiger partial charge in [-0.1, -0.05) is 6.92 Å². The lowest BCUT2D eigenvalue weighted by Gasteiger charge is -2.33. The molecule has 2 fully saturated rings. The van der Waals surface area contributed by atoms with E-state index in [1.54, 1.807) is 18.2 Å². The average Bonchev–Trinajstić information content (AvgIpc) is 2.89. The van der Waals surface area contributed by atoms with Crippen molar-refractivity contribution in [2.45, 2.75) is 38.1 Å². The van der Waals surface area contributed by atoms with E-state index < -0.39 is 17.5 Å². The lowest BCUT2D eigenvalue weighted by molar-refractivity contribution is -0.135. The maximum Gasteiger partial charge on any atom is 0.325 e. The van der Waals surface area contributed by atoms with Crippen LogP contribution in [0.2, 0.25) is 0 Å². The minimum Gasteiger partial charge on any atom is -0.497 e. The lowest BCUT2D eigenvalue weighted by Crippen LogP contribution is -2.49. The number of amides is 4. The van der Waals surface area contributed by atoms with E-state index in [0.29, 0.717) is 35.9 Å². The van der Waals surface area contributed by atoms with Crippen LogP contribution in [0.25, 0.3) is 0 Å². The van der Waals surface area contributed by atoms with Crippen LogP contribution in [0, 0.1) is 5.92 Å². The first-order valence-electron chi connectivity index (χ1n) is 9.04. The van der Waals surface area contributed by atoms with E-state index in [2.05, 4.69) is 17.6 Å². The third-order valence-electron chi connectivity index (χ3n) is 5.36. The SMILES string of the molecule is COc1ccc(NC(=O)CN2C(=O)NC3(CCC(C)CC3)C2=O)c(OC)c1. The average molecular weight is 375 g/mol. The number of ether oxygens (including phenoxy) is 2. The van der Waals surface area contributed by atoms with Crippen LogP contribution in [0.15, 0.2) is 18.2 Å². The van der Waals surface area contributed by atoms with Crippen LogP contribution in [0.1, 0.15) is 32.6 Å². The van der Waals surface area contributed by atoms with Crippen LogP contribution in [-0.2, 0) is 9.59 Å². The third kappa shape index (κ3) is 3.70. The van der Waals surface area contributed by atoms with Crippen LogP contribution < -0.4 is 20.1 Å². The number of hydrogen-bond acceptors (Lipinski definition) is 5. The molecule has 1 aromatic carbocycles. The maximum absolute atomic E-state index is 12.8. The summed E-state index contributed by atoms with van der Waals surface area (Å²) < 4.78 is 10.4. The van der Waals surface area contributed by atoms with Crippen molar-refractivity contribution in [3.63, 3.8) is 0 Å². The molecule has 1 spiro atoms. The van der Waals surface area contributed by atoms with E-state index in [1.165, 1.54) is 14.2 Å². The predicted octanol–water partition coefficient (Wildman–Crippen LogP) is 2.14. The molecular weight excluding hydrogens is 350 g/mol. The molecule has 2 aliphatic rings. The first-order valence-corrected chi connectivity index (χ1v) is 9.04. The van der Waals surface area contributed by atoms with Gasteiger partial charge in [0.2, 0.25) is 5.91 Å². The molecule has 27 heavy (non-hydrogen) atoms. The van der Waals surface area contributed by atoms with Gasteiger partial charge in [0, 0.05) is 6.07 Å². The molecule has 8 heteroatoms. The molecular formula is C19H25N3O5. The number of anilines is 1. The van der Waals surface area contributed by atoms with Crippen molar-refractivity contribution in [1.29, 1.82) is 0 Å². The monoisotopic (exact) mass is 375 g/mol. The van der Waals surface area contributed by atoms with Crippen molar-refractivity contribution in [1.82, 2.24) is 10.2 Å². The van der Waals surface area contributed by atoms with Crippen LogP contribution in [0.5, 0.6) is 11.5 Å². The maximum atomic E-state index is 12.8. The molecule has 0 unspecified atom stereocenters. The zero-order chi connectivity index (χ0) is 19.6. The van der Waals surface area contributed by atoms with Gasteiger partial charge < -0.3 is 20.1 Å². The van der Waals surface area contributed by atoms with Crippen LogP contribution in [0.3, 0.4) is 0 Å². The van der Waals surface area contributed by atoms with E-state index in [4.69, 9.17) is 9.47 Å². The largest absolute Gasteiger partial charge is 0.497 e. The quantitative estimate of drug-likeness (QED) is 0.769. The highest BCUT2D eigenvalue weighted by atomic mass is 16.5. The Bertz CT molecular complexity index is 756. The highest BCUT2D eigenvalue weighted by Gasteiger charge is 2.52. The molecule has 1 saturated carbocycles. The third-order valence-corrected chi connectivity index (χ3v) is 5.36. The molecule has 146 valence electrons. The summed E-state index contributed by atoms with van der Waals surface area (Å²) >= 11 is 0. The molecule has 3 rings (SSSR count). The zero-order valence-electron chi connectivity index (χ0n) is 15.8. The second kappa shape index (κ2) is 7.46. The Balaban J connectivity index is 1.68. The normalized spacial score (nSPS) is 24.7. The summed E-state index contributed by atoms with van der Waals surface area (Å²) in [5.74, 6) is 0.782. The Kier molecular flexibility index (Phi) is 5.25. The molecule has 1 heterocycles. The lowest BCUT2D eigenvalue weighted by atomic mass is 9.77. The summed E-state index contributed by atoms with van der Waals surface area (Å²) in [5.41, 5.74) is -0.404. The van der Waals surface area contributed by atoms with Crippen molar-refractivity contribution >= 4 is 23.5 Å². The van der Waals surface area contributed by atoms with Gasteiger partial charge in [0.25, 0.3) is 5.91 Å². The molecule has 4 amide bonds. The molecule has 1 aliphatic carbocycles. The predicted molar refractivity (Wildman–Crippen MR) is 98.8 cm³/mol. The molecule has 0 radical (unpaired) electrons. The van der Waals surface area contributed by atoms with E-state index in [0.717, 1.165) is 17.7 Å². The van der Waals surface area contributed by atoms with E-state index in [1.807, 2.05) is 0 Å². The highest BCUT2D eigenvalue weighted by Crippen LogP contribution is 2.36. The standard InChI is InChI=1S/C19H25N3O5/c1-12-6-8-19(9-7-12)17(24)22(18(25)21-19)11-16(23)20-14-5-4-13(26-2)10-15(14)27-3/h4-5,10,12H,6-9,11H2,1-3H3,(H,20,23)(H,21,25). The zero-order valence-corrected chi connectivity index (χ0v) is 15.8. The first-order chi connectivity index (χ1) is 12.9. The summed E-state index contributed by atoms with van der Waals surface area (Å²) in [4.78, 5) is 38.6. The van der Waals surface area contributed by atoms with Crippen molar-refractivity contribution in [2.24, 2.45) is 5.92 Å². The van der Waals surface area contributed by atoms with Crippen molar-refractivity contribution in [3.05, 3.63) is 18.2 Å². The molecule has 0 aromatic heterocycles. The van der Waals surface area contributed by atoms with Gasteiger partial charge >= 0.3 is 6.03 Å². The Labute approximate surface area is 158 Å². The number of carbonyl (C=O) groups is 3. The van der Waals surface area contributed by atoms with Gasteiger partial charge in [0.05, 0.1) is 19.9 Å². The van der Waals surface area contributed by atoms with Crippen LogP contribution in [-0.4, -0.2) is 49.0 Å². The first kappa shape index (κ1) is 19.0. The Morgan fingerprint density at radius 3 is 2.59 bits per heavy atom. The summed E-state index contributed by atoms with van der Waals surface area (Å²) in [6.45, 7) is 1.80. The number of hydrogen-bond donors (Lipinski definition) is 2. The Hall–Kier alpha value is -2.77.